The summed E-state index contributed by atoms with van der Waals surface area (Å²) >= 11 is 3.46. The van der Waals surface area contributed by atoms with Crippen LogP contribution in [-0.4, -0.2) is 6.61 Å². The topological polar surface area (TPSA) is 35.2 Å². The van der Waals surface area contributed by atoms with Crippen molar-refractivity contribution in [2.45, 2.75) is 19.4 Å². The maximum atomic E-state index is 13.2. The average molecular weight is 356 g/mol. The third-order valence-corrected chi connectivity index (χ3v) is 3.81. The van der Waals surface area contributed by atoms with Gasteiger partial charge in [-0.05, 0) is 48.7 Å². The van der Waals surface area contributed by atoms with Gasteiger partial charge < -0.3 is 10.5 Å². The summed E-state index contributed by atoms with van der Waals surface area (Å²) in [5, 5.41) is 0. The molecule has 0 saturated carbocycles. The van der Waals surface area contributed by atoms with Crippen molar-refractivity contribution in [1.29, 1.82) is 0 Å². The molecule has 0 bridgehead atoms. The monoisotopic (exact) mass is 355 g/mol. The number of hydrogen-bond acceptors (Lipinski definition) is 2. The molecule has 1 unspecified atom stereocenters. The van der Waals surface area contributed by atoms with E-state index in [2.05, 4.69) is 15.9 Å². The fourth-order valence-corrected chi connectivity index (χ4v) is 2.75. The Morgan fingerprint density at radius 3 is 2.52 bits per heavy atom. The van der Waals surface area contributed by atoms with Crippen molar-refractivity contribution in [2.75, 3.05) is 6.61 Å². The fourth-order valence-electron chi connectivity index (χ4n) is 2.10. The fraction of sp³-hybridized carbons (Fsp3) is 0.250. The van der Waals surface area contributed by atoms with Gasteiger partial charge in [0.25, 0.3) is 0 Å². The van der Waals surface area contributed by atoms with Crippen LogP contribution in [0.3, 0.4) is 0 Å². The van der Waals surface area contributed by atoms with Crippen LogP contribution in [0.2, 0.25) is 0 Å². The molecule has 112 valence electrons. The van der Waals surface area contributed by atoms with Gasteiger partial charge in [0.1, 0.15) is 5.75 Å². The Balaban J connectivity index is 2.16. The number of ether oxygens (including phenoxy) is 1. The summed E-state index contributed by atoms with van der Waals surface area (Å²) < 4.78 is 32.4. The van der Waals surface area contributed by atoms with Gasteiger partial charge in [0.2, 0.25) is 0 Å². The molecule has 0 aliphatic rings. The summed E-state index contributed by atoms with van der Waals surface area (Å²) in [7, 11) is 0. The van der Waals surface area contributed by atoms with Gasteiger partial charge in [-0.3, -0.25) is 0 Å². The van der Waals surface area contributed by atoms with Crippen molar-refractivity contribution >= 4 is 15.9 Å². The Kier molecular flexibility index (Phi) is 5.31. The molecule has 2 N–H and O–H groups in total. The number of halogens is 3. The molecule has 0 aliphatic heterocycles. The lowest BCUT2D eigenvalue weighted by atomic mass is 9.99. The van der Waals surface area contributed by atoms with E-state index in [1.54, 1.807) is 6.07 Å². The standard InChI is InChI=1S/C16H16BrF2NO/c1-2-21-11-4-5-12(13(17)9-11)16(20)8-10-3-6-14(18)15(19)7-10/h3-7,9,16H,2,8,20H2,1H3. The van der Waals surface area contributed by atoms with Crippen molar-refractivity contribution < 1.29 is 13.5 Å². The van der Waals surface area contributed by atoms with E-state index < -0.39 is 11.6 Å². The van der Waals surface area contributed by atoms with Crippen LogP contribution in [0.25, 0.3) is 0 Å². The molecule has 2 aromatic rings. The van der Waals surface area contributed by atoms with E-state index in [0.29, 0.717) is 18.6 Å². The summed E-state index contributed by atoms with van der Waals surface area (Å²) in [6.07, 6.45) is 0.420. The first kappa shape index (κ1) is 15.9. The molecule has 0 amide bonds. The molecule has 0 saturated heterocycles. The van der Waals surface area contributed by atoms with Crippen LogP contribution in [0, 0.1) is 11.6 Å². The molecule has 21 heavy (non-hydrogen) atoms. The highest BCUT2D eigenvalue weighted by Crippen LogP contribution is 2.28. The number of benzene rings is 2. The van der Waals surface area contributed by atoms with Gasteiger partial charge in [-0.2, -0.15) is 0 Å². The molecule has 1 atom stereocenters. The number of nitrogens with two attached hydrogens (primary N) is 1. The van der Waals surface area contributed by atoms with E-state index in [-0.39, 0.29) is 6.04 Å². The number of rotatable bonds is 5. The SMILES string of the molecule is CCOc1ccc(C(N)Cc2ccc(F)c(F)c2)c(Br)c1. The lowest BCUT2D eigenvalue weighted by molar-refractivity contribution is 0.340. The molecule has 0 heterocycles. The smallest absolute Gasteiger partial charge is 0.159 e. The number of hydrogen-bond donors (Lipinski definition) is 1. The van der Waals surface area contributed by atoms with Crippen LogP contribution >= 0.6 is 15.9 Å². The Morgan fingerprint density at radius 2 is 1.90 bits per heavy atom. The third kappa shape index (κ3) is 4.02. The maximum Gasteiger partial charge on any atom is 0.159 e. The average Bonchev–Trinajstić information content (AvgIpc) is 2.43. The van der Waals surface area contributed by atoms with Crippen molar-refractivity contribution in [1.82, 2.24) is 0 Å². The Hall–Kier alpha value is -1.46. The Labute approximate surface area is 131 Å². The lowest BCUT2D eigenvalue weighted by Crippen LogP contribution is -2.14. The van der Waals surface area contributed by atoms with Crippen LogP contribution in [0.4, 0.5) is 8.78 Å². The molecular formula is C16H16BrF2NO. The minimum Gasteiger partial charge on any atom is -0.494 e. The molecule has 0 radical (unpaired) electrons. The second-order valence-electron chi connectivity index (χ2n) is 4.68. The first-order chi connectivity index (χ1) is 10.0. The third-order valence-electron chi connectivity index (χ3n) is 3.12. The second kappa shape index (κ2) is 7.00. The van der Waals surface area contributed by atoms with Crippen LogP contribution < -0.4 is 10.5 Å². The van der Waals surface area contributed by atoms with Crippen molar-refractivity contribution in [3.8, 4) is 5.75 Å². The predicted octanol–water partition coefficient (Wildman–Crippen LogP) is 4.37. The molecule has 0 aromatic heterocycles. The zero-order valence-corrected chi connectivity index (χ0v) is 13.2. The van der Waals surface area contributed by atoms with E-state index in [1.807, 2.05) is 25.1 Å². The van der Waals surface area contributed by atoms with E-state index >= 15 is 0 Å². The summed E-state index contributed by atoms with van der Waals surface area (Å²) in [6, 6.07) is 9.08. The van der Waals surface area contributed by atoms with Crippen LogP contribution in [-0.2, 0) is 6.42 Å². The van der Waals surface area contributed by atoms with E-state index in [9.17, 15) is 8.78 Å². The van der Waals surface area contributed by atoms with Crippen molar-refractivity contribution in [3.63, 3.8) is 0 Å². The Morgan fingerprint density at radius 1 is 1.14 bits per heavy atom. The van der Waals surface area contributed by atoms with Crippen molar-refractivity contribution in [2.24, 2.45) is 5.73 Å². The first-order valence-corrected chi connectivity index (χ1v) is 7.42. The lowest BCUT2D eigenvalue weighted by Gasteiger charge is -2.15. The van der Waals surface area contributed by atoms with Gasteiger partial charge >= 0.3 is 0 Å². The van der Waals surface area contributed by atoms with E-state index in [0.717, 1.165) is 21.9 Å². The van der Waals surface area contributed by atoms with Crippen molar-refractivity contribution in [3.05, 3.63) is 63.6 Å². The van der Waals surface area contributed by atoms with Gasteiger partial charge in [0.15, 0.2) is 11.6 Å². The van der Waals surface area contributed by atoms with Gasteiger partial charge in [-0.25, -0.2) is 8.78 Å². The summed E-state index contributed by atoms with van der Waals surface area (Å²) in [6.45, 7) is 2.50. The molecule has 0 spiro atoms. The quantitative estimate of drug-likeness (QED) is 0.864. The molecule has 5 heteroatoms. The highest BCUT2D eigenvalue weighted by molar-refractivity contribution is 9.10. The second-order valence-corrected chi connectivity index (χ2v) is 5.53. The highest BCUT2D eigenvalue weighted by atomic mass is 79.9. The molecule has 2 aromatic carbocycles. The molecule has 2 nitrogen and oxygen atoms in total. The van der Waals surface area contributed by atoms with Gasteiger partial charge in [0.05, 0.1) is 6.61 Å². The first-order valence-electron chi connectivity index (χ1n) is 6.63. The van der Waals surface area contributed by atoms with E-state index in [1.165, 1.54) is 6.07 Å². The largest absolute Gasteiger partial charge is 0.494 e. The summed E-state index contributed by atoms with van der Waals surface area (Å²) in [4.78, 5) is 0. The summed E-state index contributed by atoms with van der Waals surface area (Å²) in [5.41, 5.74) is 7.70. The zero-order chi connectivity index (χ0) is 15.4. The van der Waals surface area contributed by atoms with Gasteiger partial charge in [0, 0.05) is 10.5 Å². The zero-order valence-electron chi connectivity index (χ0n) is 11.6. The Bertz CT molecular complexity index is 634. The summed E-state index contributed by atoms with van der Waals surface area (Å²) in [5.74, 6) is -0.951. The minimum atomic E-state index is -0.856. The molecular weight excluding hydrogens is 340 g/mol. The van der Waals surface area contributed by atoms with Crippen LogP contribution in [0.5, 0.6) is 5.75 Å². The predicted molar refractivity (Wildman–Crippen MR) is 82.3 cm³/mol. The van der Waals surface area contributed by atoms with Crippen LogP contribution in [0.15, 0.2) is 40.9 Å². The van der Waals surface area contributed by atoms with E-state index in [4.69, 9.17) is 10.5 Å². The maximum absolute atomic E-state index is 13.2. The highest BCUT2D eigenvalue weighted by Gasteiger charge is 2.13. The van der Waals surface area contributed by atoms with Crippen LogP contribution in [0.1, 0.15) is 24.1 Å². The van der Waals surface area contributed by atoms with Gasteiger partial charge in [-0.1, -0.05) is 28.1 Å². The molecule has 0 fully saturated rings. The molecule has 2 rings (SSSR count). The van der Waals surface area contributed by atoms with Gasteiger partial charge in [-0.15, -0.1) is 0 Å². The molecule has 0 aliphatic carbocycles. The normalized spacial score (nSPS) is 12.2. The minimum absolute atomic E-state index is 0.320.